The average molecular weight is 355 g/mol. The summed E-state index contributed by atoms with van der Waals surface area (Å²) in [5.74, 6) is 1.82. The first-order chi connectivity index (χ1) is 9.62. The topological polar surface area (TPSA) is 22.1 Å². The van der Waals surface area contributed by atoms with E-state index in [1.807, 2.05) is 37.3 Å². The van der Waals surface area contributed by atoms with Gasteiger partial charge in [-0.3, -0.25) is 0 Å². The number of alkyl halides is 1. The lowest BCUT2D eigenvalue weighted by Gasteiger charge is -2.10. The summed E-state index contributed by atoms with van der Waals surface area (Å²) < 4.78 is 6.80. The molecule has 0 spiro atoms. The molecule has 2 nitrogen and oxygen atoms in total. The normalized spacial score (nSPS) is 10.6. The van der Waals surface area contributed by atoms with Crippen molar-refractivity contribution in [2.75, 3.05) is 0 Å². The van der Waals surface area contributed by atoms with Gasteiger partial charge in [-0.25, -0.2) is 4.98 Å². The molecule has 0 amide bonds. The number of hydrogen-bond acceptors (Lipinski definition) is 2. The van der Waals surface area contributed by atoms with Crippen molar-refractivity contribution in [1.82, 2.24) is 4.98 Å². The molecule has 1 heterocycles. The third-order valence-corrected chi connectivity index (χ3v) is 3.81. The smallest absolute Gasteiger partial charge is 0.219 e. The maximum absolute atomic E-state index is 5.93. The number of benzene rings is 1. The van der Waals surface area contributed by atoms with Gasteiger partial charge in [-0.1, -0.05) is 19.4 Å². The zero-order valence-electron chi connectivity index (χ0n) is 11.6. The van der Waals surface area contributed by atoms with Crippen molar-refractivity contribution >= 4 is 27.5 Å². The first-order valence-electron chi connectivity index (χ1n) is 6.62. The number of hydrogen-bond donors (Lipinski definition) is 0. The van der Waals surface area contributed by atoms with E-state index in [4.69, 9.17) is 16.3 Å². The number of ether oxygens (including phenoxy) is 1. The summed E-state index contributed by atoms with van der Waals surface area (Å²) in [6.45, 7) is 4.17. The van der Waals surface area contributed by atoms with E-state index < -0.39 is 0 Å². The second kappa shape index (κ2) is 7.09. The van der Waals surface area contributed by atoms with E-state index in [1.54, 1.807) is 0 Å². The van der Waals surface area contributed by atoms with Crippen LogP contribution in [0.1, 0.15) is 30.2 Å². The van der Waals surface area contributed by atoms with E-state index in [2.05, 4.69) is 27.8 Å². The zero-order valence-corrected chi connectivity index (χ0v) is 14.0. The standard InChI is InChI=1S/C16H17BrClNO/c1-3-4-13-8-12(10-18)9-16(19-13)20-15-6-5-11(2)7-14(15)17/h5-9H,3-4,10H2,1-2H3. The van der Waals surface area contributed by atoms with Crippen molar-refractivity contribution in [2.45, 2.75) is 32.6 Å². The lowest BCUT2D eigenvalue weighted by Crippen LogP contribution is -1.96. The van der Waals surface area contributed by atoms with E-state index in [0.717, 1.165) is 34.3 Å². The summed E-state index contributed by atoms with van der Waals surface area (Å²) in [6.07, 6.45) is 1.97. The Hall–Kier alpha value is -1.06. The van der Waals surface area contributed by atoms with Crippen LogP contribution in [0.4, 0.5) is 0 Å². The predicted octanol–water partition coefficient (Wildman–Crippen LogP) is 5.64. The van der Waals surface area contributed by atoms with Crippen LogP contribution < -0.4 is 4.74 Å². The second-order valence-electron chi connectivity index (χ2n) is 4.72. The number of aromatic nitrogens is 1. The minimum atomic E-state index is 0.463. The average Bonchev–Trinajstić information content (AvgIpc) is 2.42. The summed E-state index contributed by atoms with van der Waals surface area (Å²) in [5, 5.41) is 0. The Balaban J connectivity index is 2.29. The van der Waals surface area contributed by atoms with E-state index in [0.29, 0.717) is 11.8 Å². The molecule has 0 aliphatic carbocycles. The third-order valence-electron chi connectivity index (χ3n) is 2.88. The van der Waals surface area contributed by atoms with Crippen molar-refractivity contribution in [2.24, 2.45) is 0 Å². The molecule has 0 fully saturated rings. The van der Waals surface area contributed by atoms with Gasteiger partial charge in [-0.2, -0.15) is 0 Å². The maximum atomic E-state index is 5.93. The zero-order chi connectivity index (χ0) is 14.5. The van der Waals surface area contributed by atoms with Gasteiger partial charge in [0.25, 0.3) is 0 Å². The van der Waals surface area contributed by atoms with Gasteiger partial charge in [-0.05, 0) is 58.6 Å². The molecule has 0 N–H and O–H groups in total. The highest BCUT2D eigenvalue weighted by Gasteiger charge is 2.07. The molecule has 106 valence electrons. The Kier molecular flexibility index (Phi) is 5.44. The largest absolute Gasteiger partial charge is 0.438 e. The Labute approximate surface area is 133 Å². The van der Waals surface area contributed by atoms with E-state index >= 15 is 0 Å². The van der Waals surface area contributed by atoms with Gasteiger partial charge in [0, 0.05) is 17.6 Å². The van der Waals surface area contributed by atoms with E-state index in [9.17, 15) is 0 Å². The molecule has 0 radical (unpaired) electrons. The summed E-state index contributed by atoms with van der Waals surface area (Å²) in [7, 11) is 0. The fourth-order valence-electron chi connectivity index (χ4n) is 1.94. The summed E-state index contributed by atoms with van der Waals surface area (Å²) in [5.41, 5.74) is 3.23. The molecule has 2 rings (SSSR count). The fourth-order valence-corrected chi connectivity index (χ4v) is 2.66. The SMILES string of the molecule is CCCc1cc(CCl)cc(Oc2ccc(C)cc2Br)n1. The van der Waals surface area contributed by atoms with Gasteiger partial charge in [0.2, 0.25) is 5.88 Å². The fraction of sp³-hybridized carbons (Fsp3) is 0.312. The molecular weight excluding hydrogens is 338 g/mol. The van der Waals surface area contributed by atoms with Crippen molar-refractivity contribution in [1.29, 1.82) is 0 Å². The minimum Gasteiger partial charge on any atom is -0.438 e. The molecule has 0 bridgehead atoms. The van der Waals surface area contributed by atoms with Crippen LogP contribution in [-0.2, 0) is 12.3 Å². The minimum absolute atomic E-state index is 0.463. The van der Waals surface area contributed by atoms with Crippen LogP contribution in [0.5, 0.6) is 11.6 Å². The van der Waals surface area contributed by atoms with Gasteiger partial charge in [0.1, 0.15) is 5.75 Å². The highest BCUT2D eigenvalue weighted by molar-refractivity contribution is 9.10. The van der Waals surface area contributed by atoms with Crippen LogP contribution in [0.25, 0.3) is 0 Å². The molecule has 0 saturated carbocycles. The number of pyridine rings is 1. The molecule has 0 aliphatic heterocycles. The van der Waals surface area contributed by atoms with Crippen LogP contribution in [0.3, 0.4) is 0 Å². The molecule has 1 aromatic heterocycles. The molecule has 0 saturated heterocycles. The highest BCUT2D eigenvalue weighted by Crippen LogP contribution is 2.30. The maximum Gasteiger partial charge on any atom is 0.219 e. The summed E-state index contributed by atoms with van der Waals surface area (Å²) in [6, 6.07) is 9.89. The van der Waals surface area contributed by atoms with Gasteiger partial charge in [-0.15, -0.1) is 11.6 Å². The molecule has 2 aromatic rings. The van der Waals surface area contributed by atoms with Crippen molar-refractivity contribution < 1.29 is 4.74 Å². The number of nitrogens with zero attached hydrogens (tertiary/aromatic N) is 1. The van der Waals surface area contributed by atoms with E-state index in [-0.39, 0.29) is 0 Å². The van der Waals surface area contributed by atoms with Gasteiger partial charge < -0.3 is 4.74 Å². The van der Waals surface area contributed by atoms with Crippen molar-refractivity contribution in [3.63, 3.8) is 0 Å². The molecule has 0 unspecified atom stereocenters. The monoisotopic (exact) mass is 353 g/mol. The quantitative estimate of drug-likeness (QED) is 0.649. The molecular formula is C16H17BrClNO. The van der Waals surface area contributed by atoms with Gasteiger partial charge in [0.05, 0.1) is 4.47 Å². The Morgan fingerprint density at radius 3 is 2.70 bits per heavy atom. The van der Waals surface area contributed by atoms with Crippen LogP contribution in [-0.4, -0.2) is 4.98 Å². The first kappa shape index (κ1) is 15.3. The highest BCUT2D eigenvalue weighted by atomic mass is 79.9. The number of rotatable bonds is 5. The van der Waals surface area contributed by atoms with Gasteiger partial charge >= 0.3 is 0 Å². The van der Waals surface area contributed by atoms with Gasteiger partial charge in [0.15, 0.2) is 0 Å². The lowest BCUT2D eigenvalue weighted by atomic mass is 10.2. The third kappa shape index (κ3) is 3.97. The van der Waals surface area contributed by atoms with E-state index in [1.165, 1.54) is 5.56 Å². The Morgan fingerprint density at radius 1 is 1.25 bits per heavy atom. The number of halogens is 2. The van der Waals surface area contributed by atoms with Crippen LogP contribution >= 0.6 is 27.5 Å². The lowest BCUT2D eigenvalue weighted by molar-refractivity contribution is 0.457. The van der Waals surface area contributed by atoms with Crippen molar-refractivity contribution in [3.8, 4) is 11.6 Å². The van der Waals surface area contributed by atoms with Crippen LogP contribution in [0.2, 0.25) is 0 Å². The van der Waals surface area contributed by atoms with Crippen molar-refractivity contribution in [3.05, 3.63) is 51.6 Å². The molecule has 4 heteroatoms. The Bertz CT molecular complexity index is 601. The van der Waals surface area contributed by atoms with Crippen LogP contribution in [0, 0.1) is 6.92 Å². The second-order valence-corrected chi connectivity index (χ2v) is 5.85. The predicted molar refractivity (Wildman–Crippen MR) is 86.7 cm³/mol. The molecule has 0 aliphatic rings. The van der Waals surface area contributed by atoms with Crippen LogP contribution in [0.15, 0.2) is 34.8 Å². The summed E-state index contributed by atoms with van der Waals surface area (Å²) in [4.78, 5) is 4.53. The Morgan fingerprint density at radius 2 is 2.05 bits per heavy atom. The summed E-state index contributed by atoms with van der Waals surface area (Å²) >= 11 is 9.44. The number of aryl methyl sites for hydroxylation is 2. The first-order valence-corrected chi connectivity index (χ1v) is 7.95. The molecule has 0 atom stereocenters. The molecule has 1 aromatic carbocycles. The molecule has 20 heavy (non-hydrogen) atoms.